The van der Waals surface area contributed by atoms with Crippen molar-refractivity contribution in [1.29, 1.82) is 0 Å². The number of ether oxygens (including phenoxy) is 1. The van der Waals surface area contributed by atoms with Gasteiger partial charge in [-0.15, -0.1) is 0 Å². The Bertz CT molecular complexity index is 753. The van der Waals surface area contributed by atoms with Crippen molar-refractivity contribution in [2.75, 3.05) is 7.11 Å². The third-order valence-corrected chi connectivity index (χ3v) is 4.23. The van der Waals surface area contributed by atoms with E-state index >= 15 is 0 Å². The number of benzene rings is 2. The van der Waals surface area contributed by atoms with Crippen LogP contribution in [0.25, 0.3) is 16.8 Å². The molecule has 1 N–H and O–H groups in total. The van der Waals surface area contributed by atoms with Crippen molar-refractivity contribution in [3.8, 4) is 5.75 Å². The molecule has 1 amide bonds. The molecule has 0 aromatic heterocycles. The van der Waals surface area contributed by atoms with Gasteiger partial charge in [0.15, 0.2) is 0 Å². The molecule has 100 valence electrons. The Balaban J connectivity index is 2.16. The van der Waals surface area contributed by atoms with Gasteiger partial charge in [-0.3, -0.25) is 4.79 Å². The average Bonchev–Trinajstić information content (AvgIpc) is 2.77. The van der Waals surface area contributed by atoms with Gasteiger partial charge in [0.25, 0.3) is 5.91 Å². The van der Waals surface area contributed by atoms with Crippen LogP contribution in [0.3, 0.4) is 0 Å². The molecule has 1 aliphatic heterocycles. The molecule has 1 aliphatic rings. The van der Waals surface area contributed by atoms with Gasteiger partial charge in [-0.25, -0.2) is 0 Å². The monoisotopic (exact) mass is 301 g/mol. The van der Waals surface area contributed by atoms with Crippen LogP contribution in [-0.2, 0) is 4.79 Å². The number of carbonyl (C=O) groups is 1. The highest BCUT2D eigenvalue weighted by atomic mass is 32.2. The van der Waals surface area contributed by atoms with Crippen molar-refractivity contribution in [3.05, 3.63) is 46.9 Å². The summed E-state index contributed by atoms with van der Waals surface area (Å²) in [4.78, 5) is 12.4. The summed E-state index contributed by atoms with van der Waals surface area (Å²) >= 11 is 6.28. The molecule has 20 heavy (non-hydrogen) atoms. The highest BCUT2D eigenvalue weighted by molar-refractivity contribution is 8.26. The number of nitrogens with one attached hydrogen (secondary N) is 1. The minimum Gasteiger partial charge on any atom is -0.496 e. The average molecular weight is 301 g/mol. The summed E-state index contributed by atoms with van der Waals surface area (Å²) in [5.74, 6) is 0.682. The Morgan fingerprint density at radius 3 is 2.60 bits per heavy atom. The molecule has 0 bridgehead atoms. The van der Waals surface area contributed by atoms with E-state index in [1.54, 1.807) is 7.11 Å². The number of hydrogen-bond donors (Lipinski definition) is 1. The Hall–Kier alpha value is -1.85. The molecule has 1 heterocycles. The maximum Gasteiger partial charge on any atom is 0.263 e. The Morgan fingerprint density at radius 2 is 1.95 bits per heavy atom. The Kier molecular flexibility index (Phi) is 3.46. The van der Waals surface area contributed by atoms with Crippen molar-refractivity contribution in [2.24, 2.45) is 0 Å². The standard InChI is InChI=1S/C15H11NO2S2/c1-18-12-7-6-9(10-4-2-3-5-11(10)12)8-13-14(17)16-15(19)20-13/h2-8H,1H3,(H,16,17,19)/b13-8-. The lowest BCUT2D eigenvalue weighted by Gasteiger charge is -2.08. The molecule has 2 aromatic rings. The maximum absolute atomic E-state index is 11.7. The molecule has 0 unspecified atom stereocenters. The van der Waals surface area contributed by atoms with E-state index in [1.807, 2.05) is 42.5 Å². The van der Waals surface area contributed by atoms with Crippen LogP contribution in [0.15, 0.2) is 41.3 Å². The summed E-state index contributed by atoms with van der Waals surface area (Å²) in [6.07, 6.45) is 1.86. The van der Waals surface area contributed by atoms with Gasteiger partial charge in [0.05, 0.1) is 12.0 Å². The van der Waals surface area contributed by atoms with Crippen LogP contribution < -0.4 is 10.1 Å². The Morgan fingerprint density at radius 1 is 1.20 bits per heavy atom. The minimum atomic E-state index is -0.139. The van der Waals surface area contributed by atoms with E-state index in [1.165, 1.54) is 11.8 Å². The van der Waals surface area contributed by atoms with E-state index in [9.17, 15) is 4.79 Å². The first-order chi connectivity index (χ1) is 9.69. The fourth-order valence-electron chi connectivity index (χ4n) is 2.16. The molecule has 0 spiro atoms. The van der Waals surface area contributed by atoms with Crippen LogP contribution in [0.2, 0.25) is 0 Å². The summed E-state index contributed by atoms with van der Waals surface area (Å²) in [6.45, 7) is 0. The largest absolute Gasteiger partial charge is 0.496 e. The second-order valence-corrected chi connectivity index (χ2v) is 5.97. The first-order valence-corrected chi connectivity index (χ1v) is 7.22. The third-order valence-electron chi connectivity index (χ3n) is 3.07. The van der Waals surface area contributed by atoms with E-state index < -0.39 is 0 Å². The van der Waals surface area contributed by atoms with Gasteiger partial charge in [-0.1, -0.05) is 54.3 Å². The molecule has 0 radical (unpaired) electrons. The number of fused-ring (bicyclic) bond motifs is 1. The zero-order chi connectivity index (χ0) is 14.1. The molecule has 0 aliphatic carbocycles. The van der Waals surface area contributed by atoms with Crippen molar-refractivity contribution in [1.82, 2.24) is 5.32 Å². The summed E-state index contributed by atoms with van der Waals surface area (Å²) in [5, 5.41) is 4.69. The van der Waals surface area contributed by atoms with Crippen LogP contribution in [0.4, 0.5) is 0 Å². The molecular formula is C15H11NO2S2. The lowest BCUT2D eigenvalue weighted by Crippen LogP contribution is -2.17. The van der Waals surface area contributed by atoms with Gasteiger partial charge < -0.3 is 10.1 Å². The summed E-state index contributed by atoms with van der Waals surface area (Å²) in [5.41, 5.74) is 0.976. The zero-order valence-corrected chi connectivity index (χ0v) is 12.3. The lowest BCUT2D eigenvalue weighted by molar-refractivity contribution is -0.115. The van der Waals surface area contributed by atoms with E-state index in [4.69, 9.17) is 17.0 Å². The molecule has 1 fully saturated rings. The third kappa shape index (κ3) is 2.30. The van der Waals surface area contributed by atoms with Crippen LogP contribution in [0, 0.1) is 0 Å². The molecular weight excluding hydrogens is 290 g/mol. The normalized spacial score (nSPS) is 16.8. The van der Waals surface area contributed by atoms with Gasteiger partial charge in [0, 0.05) is 5.39 Å². The summed E-state index contributed by atoms with van der Waals surface area (Å²) in [6, 6.07) is 11.8. The number of amides is 1. The van der Waals surface area contributed by atoms with Crippen LogP contribution in [0.5, 0.6) is 5.75 Å². The fraction of sp³-hybridized carbons (Fsp3) is 0.0667. The smallest absolute Gasteiger partial charge is 0.263 e. The van der Waals surface area contributed by atoms with Crippen LogP contribution in [0.1, 0.15) is 5.56 Å². The first-order valence-electron chi connectivity index (χ1n) is 5.99. The van der Waals surface area contributed by atoms with Gasteiger partial charge in [-0.05, 0) is 23.1 Å². The number of hydrogen-bond acceptors (Lipinski definition) is 4. The zero-order valence-electron chi connectivity index (χ0n) is 10.7. The van der Waals surface area contributed by atoms with Crippen LogP contribution in [-0.4, -0.2) is 17.3 Å². The van der Waals surface area contributed by atoms with E-state index in [0.29, 0.717) is 9.23 Å². The van der Waals surface area contributed by atoms with Gasteiger partial charge >= 0.3 is 0 Å². The van der Waals surface area contributed by atoms with E-state index in [2.05, 4.69) is 5.32 Å². The van der Waals surface area contributed by atoms with Gasteiger partial charge in [0.2, 0.25) is 0 Å². The van der Waals surface area contributed by atoms with Crippen molar-refractivity contribution >= 4 is 51.1 Å². The number of carbonyl (C=O) groups excluding carboxylic acids is 1. The fourth-order valence-corrected chi connectivity index (χ4v) is 3.20. The molecule has 5 heteroatoms. The SMILES string of the molecule is COc1ccc(/C=C2\SC(=S)NC2=O)c2ccccc12. The van der Waals surface area contributed by atoms with Gasteiger partial charge in [-0.2, -0.15) is 0 Å². The number of rotatable bonds is 2. The lowest BCUT2D eigenvalue weighted by atomic mass is 10.0. The highest BCUT2D eigenvalue weighted by Gasteiger charge is 2.22. The van der Waals surface area contributed by atoms with E-state index in [-0.39, 0.29) is 5.91 Å². The number of thiocarbonyl (C=S) groups is 1. The minimum absolute atomic E-state index is 0.139. The highest BCUT2D eigenvalue weighted by Crippen LogP contribution is 2.32. The van der Waals surface area contributed by atoms with Gasteiger partial charge in [0.1, 0.15) is 10.1 Å². The van der Waals surface area contributed by atoms with Crippen LogP contribution >= 0.6 is 24.0 Å². The van der Waals surface area contributed by atoms with Crippen molar-refractivity contribution < 1.29 is 9.53 Å². The predicted molar refractivity (Wildman–Crippen MR) is 86.8 cm³/mol. The topological polar surface area (TPSA) is 38.3 Å². The molecule has 1 saturated heterocycles. The Labute approximate surface area is 126 Å². The summed E-state index contributed by atoms with van der Waals surface area (Å²) in [7, 11) is 1.65. The van der Waals surface area contributed by atoms with Crippen molar-refractivity contribution in [3.63, 3.8) is 0 Å². The number of methoxy groups -OCH3 is 1. The summed E-state index contributed by atoms with van der Waals surface area (Å²) < 4.78 is 5.86. The number of thioether (sulfide) groups is 1. The first kappa shape index (κ1) is 13.1. The van der Waals surface area contributed by atoms with E-state index in [0.717, 1.165) is 22.1 Å². The molecule has 0 saturated carbocycles. The molecule has 2 aromatic carbocycles. The second kappa shape index (κ2) is 5.26. The second-order valence-electron chi connectivity index (χ2n) is 4.25. The van der Waals surface area contributed by atoms with Crippen molar-refractivity contribution in [2.45, 2.75) is 0 Å². The maximum atomic E-state index is 11.7. The predicted octanol–water partition coefficient (Wildman–Crippen LogP) is 3.34. The quantitative estimate of drug-likeness (QED) is 0.682. The molecule has 3 nitrogen and oxygen atoms in total. The molecule has 0 atom stereocenters. The molecule has 3 rings (SSSR count).